The van der Waals surface area contributed by atoms with Crippen molar-refractivity contribution in [2.45, 2.75) is 6.18 Å². The molecule has 7 heteroatoms. The lowest BCUT2D eigenvalue weighted by Crippen LogP contribution is -2.08. The second-order valence-corrected chi connectivity index (χ2v) is 3.79. The van der Waals surface area contributed by atoms with Gasteiger partial charge in [0, 0.05) is 5.69 Å². The Hall–Kier alpha value is -2.31. The number of pyridine rings is 1. The Labute approximate surface area is 106 Å². The van der Waals surface area contributed by atoms with Crippen LogP contribution in [0.5, 0.6) is 0 Å². The molecular formula is C12H9F4N3. The van der Waals surface area contributed by atoms with E-state index in [0.29, 0.717) is 17.6 Å². The third-order valence-electron chi connectivity index (χ3n) is 2.33. The van der Waals surface area contributed by atoms with Gasteiger partial charge in [0.05, 0.1) is 17.4 Å². The number of benzene rings is 1. The van der Waals surface area contributed by atoms with Gasteiger partial charge in [-0.25, -0.2) is 9.37 Å². The zero-order chi connectivity index (χ0) is 14.0. The van der Waals surface area contributed by atoms with Gasteiger partial charge in [-0.2, -0.15) is 13.2 Å². The molecule has 19 heavy (non-hydrogen) atoms. The molecule has 0 spiro atoms. The summed E-state index contributed by atoms with van der Waals surface area (Å²) in [4.78, 5) is 3.88. The number of nitrogens with two attached hydrogens (primary N) is 1. The van der Waals surface area contributed by atoms with E-state index in [1.165, 1.54) is 18.3 Å². The molecule has 0 aliphatic rings. The first-order valence-corrected chi connectivity index (χ1v) is 5.21. The topological polar surface area (TPSA) is 50.9 Å². The lowest BCUT2D eigenvalue weighted by atomic mass is 10.2. The summed E-state index contributed by atoms with van der Waals surface area (Å²) in [5.41, 5.74) is 4.63. The molecular weight excluding hydrogens is 262 g/mol. The minimum absolute atomic E-state index is 0.0889. The van der Waals surface area contributed by atoms with E-state index >= 15 is 0 Å². The fourth-order valence-corrected chi connectivity index (χ4v) is 1.45. The zero-order valence-corrected chi connectivity index (χ0v) is 9.50. The van der Waals surface area contributed by atoms with Crippen molar-refractivity contribution in [2.75, 3.05) is 11.1 Å². The molecule has 0 aliphatic carbocycles. The van der Waals surface area contributed by atoms with Gasteiger partial charge in [0.15, 0.2) is 0 Å². The van der Waals surface area contributed by atoms with E-state index in [1.807, 2.05) is 0 Å². The number of hydrogen-bond acceptors (Lipinski definition) is 3. The Morgan fingerprint density at radius 1 is 1.11 bits per heavy atom. The van der Waals surface area contributed by atoms with Crippen LogP contribution in [0.15, 0.2) is 36.5 Å². The first kappa shape index (κ1) is 13.1. The van der Waals surface area contributed by atoms with Gasteiger partial charge in [-0.3, -0.25) is 0 Å². The van der Waals surface area contributed by atoms with Gasteiger partial charge in [0.25, 0.3) is 0 Å². The van der Waals surface area contributed by atoms with Crippen LogP contribution in [0.1, 0.15) is 5.56 Å². The average molecular weight is 271 g/mol. The third-order valence-corrected chi connectivity index (χ3v) is 2.33. The molecule has 1 aromatic carbocycles. The smallest absolute Gasteiger partial charge is 0.397 e. The number of nitrogens with zero attached hydrogens (tertiary/aromatic N) is 1. The van der Waals surface area contributed by atoms with Crippen molar-refractivity contribution >= 4 is 17.2 Å². The van der Waals surface area contributed by atoms with Gasteiger partial charge >= 0.3 is 6.18 Å². The molecule has 100 valence electrons. The largest absolute Gasteiger partial charge is 0.419 e. The fraction of sp³-hybridized carbons (Fsp3) is 0.0833. The highest BCUT2D eigenvalue weighted by Crippen LogP contribution is 2.33. The summed E-state index contributed by atoms with van der Waals surface area (Å²) in [5, 5.41) is 2.64. The van der Waals surface area contributed by atoms with Crippen LogP contribution >= 0.6 is 0 Å². The van der Waals surface area contributed by atoms with Gasteiger partial charge in [-0.05, 0) is 30.3 Å². The number of anilines is 3. The van der Waals surface area contributed by atoms with Crippen LogP contribution in [-0.2, 0) is 6.18 Å². The maximum absolute atomic E-state index is 13.1. The predicted molar refractivity (Wildman–Crippen MR) is 63.3 cm³/mol. The van der Waals surface area contributed by atoms with Crippen molar-refractivity contribution in [3.05, 3.63) is 47.9 Å². The standard InChI is InChI=1S/C12H9F4N3/c13-10-3-2-8(5-9(10)12(14,15)16)19-11-4-1-7(17)6-18-11/h1-6H,17H2,(H,18,19). The van der Waals surface area contributed by atoms with Crippen molar-refractivity contribution in [3.63, 3.8) is 0 Å². The van der Waals surface area contributed by atoms with Crippen LogP contribution in [0.2, 0.25) is 0 Å². The van der Waals surface area contributed by atoms with Crippen LogP contribution in [0.3, 0.4) is 0 Å². The quantitative estimate of drug-likeness (QED) is 0.821. The van der Waals surface area contributed by atoms with E-state index in [4.69, 9.17) is 5.73 Å². The lowest BCUT2D eigenvalue weighted by molar-refractivity contribution is -0.139. The highest BCUT2D eigenvalue weighted by Gasteiger charge is 2.34. The molecule has 0 amide bonds. The fourth-order valence-electron chi connectivity index (χ4n) is 1.45. The Bertz CT molecular complexity index is 579. The van der Waals surface area contributed by atoms with Crippen molar-refractivity contribution in [2.24, 2.45) is 0 Å². The van der Waals surface area contributed by atoms with Gasteiger partial charge in [0.1, 0.15) is 11.6 Å². The maximum atomic E-state index is 13.1. The number of halogens is 4. The summed E-state index contributed by atoms with van der Waals surface area (Å²) >= 11 is 0. The van der Waals surface area contributed by atoms with Crippen LogP contribution in [0.4, 0.5) is 34.8 Å². The molecule has 2 rings (SSSR count). The first-order chi connectivity index (χ1) is 8.86. The van der Waals surface area contributed by atoms with E-state index in [2.05, 4.69) is 10.3 Å². The Balaban J connectivity index is 2.29. The van der Waals surface area contributed by atoms with Crippen molar-refractivity contribution in [3.8, 4) is 0 Å². The number of rotatable bonds is 2. The SMILES string of the molecule is Nc1ccc(Nc2ccc(F)c(C(F)(F)F)c2)nc1. The van der Waals surface area contributed by atoms with Gasteiger partial charge < -0.3 is 11.1 Å². The van der Waals surface area contributed by atoms with Crippen LogP contribution in [0.25, 0.3) is 0 Å². The summed E-state index contributed by atoms with van der Waals surface area (Å²) in [6.07, 6.45) is -3.38. The molecule has 0 radical (unpaired) electrons. The highest BCUT2D eigenvalue weighted by molar-refractivity contribution is 5.58. The Kier molecular flexibility index (Phi) is 3.28. The molecule has 3 N–H and O–H groups in total. The molecule has 1 aromatic heterocycles. The van der Waals surface area contributed by atoms with E-state index < -0.39 is 17.6 Å². The Morgan fingerprint density at radius 2 is 1.84 bits per heavy atom. The zero-order valence-electron chi connectivity index (χ0n) is 9.50. The molecule has 0 atom stereocenters. The summed E-state index contributed by atoms with van der Waals surface area (Å²) in [6.45, 7) is 0. The predicted octanol–water partition coefficient (Wildman–Crippen LogP) is 3.57. The van der Waals surface area contributed by atoms with Crippen LogP contribution < -0.4 is 11.1 Å². The summed E-state index contributed by atoms with van der Waals surface area (Å²) < 4.78 is 50.6. The number of alkyl halides is 3. The van der Waals surface area contributed by atoms with E-state index in [0.717, 1.165) is 6.07 Å². The normalized spacial score (nSPS) is 11.4. The minimum atomic E-state index is -4.74. The number of hydrogen-bond donors (Lipinski definition) is 2. The van der Waals surface area contributed by atoms with E-state index in [-0.39, 0.29) is 5.69 Å². The van der Waals surface area contributed by atoms with Crippen LogP contribution in [-0.4, -0.2) is 4.98 Å². The Morgan fingerprint density at radius 3 is 2.42 bits per heavy atom. The van der Waals surface area contributed by atoms with Crippen molar-refractivity contribution in [1.82, 2.24) is 4.98 Å². The van der Waals surface area contributed by atoms with Gasteiger partial charge in [-0.15, -0.1) is 0 Å². The molecule has 0 saturated carbocycles. The monoisotopic (exact) mass is 271 g/mol. The van der Waals surface area contributed by atoms with Crippen molar-refractivity contribution < 1.29 is 17.6 Å². The molecule has 0 saturated heterocycles. The second-order valence-electron chi connectivity index (χ2n) is 3.79. The van der Waals surface area contributed by atoms with E-state index in [1.54, 1.807) is 6.07 Å². The first-order valence-electron chi connectivity index (χ1n) is 5.21. The third kappa shape index (κ3) is 3.12. The summed E-state index contributed by atoms with van der Waals surface area (Å²) in [5.74, 6) is -1.00. The van der Waals surface area contributed by atoms with Crippen LogP contribution in [0, 0.1) is 5.82 Å². The average Bonchev–Trinajstić information content (AvgIpc) is 2.33. The summed E-state index contributed by atoms with van der Waals surface area (Å²) in [7, 11) is 0. The van der Waals surface area contributed by atoms with Crippen molar-refractivity contribution in [1.29, 1.82) is 0 Å². The van der Waals surface area contributed by atoms with Gasteiger partial charge in [-0.1, -0.05) is 0 Å². The lowest BCUT2D eigenvalue weighted by Gasteiger charge is -2.11. The second kappa shape index (κ2) is 4.75. The molecule has 2 aromatic rings. The summed E-state index contributed by atoms with van der Waals surface area (Å²) in [6, 6.07) is 5.69. The van der Waals surface area contributed by atoms with Gasteiger partial charge in [0.2, 0.25) is 0 Å². The highest BCUT2D eigenvalue weighted by atomic mass is 19.4. The molecule has 0 fully saturated rings. The minimum Gasteiger partial charge on any atom is -0.397 e. The number of nitrogens with one attached hydrogen (secondary N) is 1. The molecule has 0 bridgehead atoms. The number of nitrogen functional groups attached to an aromatic ring is 1. The van der Waals surface area contributed by atoms with E-state index in [9.17, 15) is 17.6 Å². The molecule has 0 aliphatic heterocycles. The maximum Gasteiger partial charge on any atom is 0.419 e. The molecule has 0 unspecified atom stereocenters. The number of aromatic nitrogens is 1. The molecule has 1 heterocycles. The molecule has 3 nitrogen and oxygen atoms in total.